The summed E-state index contributed by atoms with van der Waals surface area (Å²) in [6, 6.07) is 4.73. The number of phosphoric ester groups is 1. The molecule has 0 fully saturated rings. The quantitative estimate of drug-likeness (QED) is 0.454. The molecular weight excluding hydrogens is 357 g/mol. The van der Waals surface area contributed by atoms with Gasteiger partial charge in [0.05, 0.1) is 18.2 Å². The molecule has 0 aliphatic heterocycles. The van der Waals surface area contributed by atoms with Crippen molar-refractivity contribution in [3.8, 4) is 0 Å². The first-order chi connectivity index (χ1) is 9.45. The molecule has 112 valence electrons. The summed E-state index contributed by atoms with van der Waals surface area (Å²) in [4.78, 5) is 0. The highest BCUT2D eigenvalue weighted by Crippen LogP contribution is 2.53. The van der Waals surface area contributed by atoms with E-state index in [1.165, 1.54) is 6.07 Å². The van der Waals surface area contributed by atoms with Gasteiger partial charge in [-0.05, 0) is 32.0 Å². The Kier molecular flexibility index (Phi) is 7.38. The van der Waals surface area contributed by atoms with Crippen LogP contribution < -0.4 is 0 Å². The topological polar surface area (TPSA) is 44.8 Å². The highest BCUT2D eigenvalue weighted by atomic mass is 35.5. The highest BCUT2D eigenvalue weighted by Gasteiger charge is 2.29. The summed E-state index contributed by atoms with van der Waals surface area (Å²) in [5, 5.41) is 0.773. The summed E-state index contributed by atoms with van der Waals surface area (Å²) in [5.41, 5.74) is 1.55. The highest BCUT2D eigenvalue weighted by molar-refractivity contribution is 7.48. The van der Waals surface area contributed by atoms with Gasteiger partial charge < -0.3 is 4.52 Å². The molecule has 1 rings (SSSR count). The predicted octanol–water partition coefficient (Wildman–Crippen LogP) is 5.73. The van der Waals surface area contributed by atoms with E-state index in [9.17, 15) is 4.57 Å². The number of halogens is 3. The Morgan fingerprint density at radius 3 is 2.30 bits per heavy atom. The molecule has 1 aromatic rings. The van der Waals surface area contributed by atoms with Crippen LogP contribution in [0.5, 0.6) is 0 Å². The van der Waals surface area contributed by atoms with Gasteiger partial charge in [0.25, 0.3) is 0 Å². The Balaban J connectivity index is 3.05. The molecule has 4 nitrogen and oxygen atoms in total. The Bertz CT molecular complexity index is 523. The second kappa shape index (κ2) is 8.28. The SMILES string of the molecule is CCOP(=O)(OCC)O/C(=C/Cl)[14c]1[14cH][14cH][14c](Cl)[14cH][14c]1Cl. The van der Waals surface area contributed by atoms with Crippen molar-refractivity contribution >= 4 is 48.4 Å². The third kappa shape index (κ3) is 4.96. The summed E-state index contributed by atoms with van der Waals surface area (Å²) in [5.74, 6) is 0.0820. The van der Waals surface area contributed by atoms with Crippen molar-refractivity contribution in [1.29, 1.82) is 0 Å². The van der Waals surface area contributed by atoms with E-state index in [1.807, 2.05) is 0 Å². The van der Waals surface area contributed by atoms with Crippen LogP contribution in [0.3, 0.4) is 0 Å². The minimum Gasteiger partial charge on any atom is -0.402 e. The van der Waals surface area contributed by atoms with Crippen molar-refractivity contribution < 1.29 is 18.1 Å². The van der Waals surface area contributed by atoms with Crippen molar-refractivity contribution in [1.82, 2.24) is 0 Å². The van der Waals surface area contributed by atoms with Crippen molar-refractivity contribution in [2.75, 3.05) is 13.2 Å². The van der Waals surface area contributed by atoms with E-state index in [1.54, 1.807) is 26.0 Å². The number of phosphoric acid groups is 1. The maximum atomic E-state index is 12.3. The van der Waals surface area contributed by atoms with E-state index < -0.39 is 7.82 Å². The van der Waals surface area contributed by atoms with E-state index in [4.69, 9.17) is 48.4 Å². The molecule has 0 bridgehead atoms. The van der Waals surface area contributed by atoms with E-state index in [0.717, 1.165) is 5.54 Å². The largest absolute Gasteiger partial charge is 0.530 e. The lowest BCUT2D eigenvalue weighted by Gasteiger charge is -2.19. The molecule has 0 heterocycles. The fraction of sp³-hybridized carbons (Fsp3) is 0.333. The number of hydrogen-bond donors (Lipinski definition) is 0. The lowest BCUT2D eigenvalue weighted by Crippen LogP contribution is -2.00. The molecule has 1 aromatic carbocycles. The molecule has 8 heteroatoms. The number of benzene rings is 1. The fourth-order valence-corrected chi connectivity index (χ4v) is 3.27. The second-order valence-electron chi connectivity index (χ2n) is 3.47. The van der Waals surface area contributed by atoms with Crippen molar-refractivity contribution in [2.45, 2.75) is 13.8 Å². The summed E-state index contributed by atoms with van der Waals surface area (Å²) in [6.07, 6.45) is 0. The maximum Gasteiger partial charge on any atom is 0.530 e. The van der Waals surface area contributed by atoms with Crippen LogP contribution in [0.25, 0.3) is 5.76 Å². The Morgan fingerprint density at radius 1 is 1.25 bits per heavy atom. The summed E-state index contributed by atoms with van der Waals surface area (Å²) in [6.45, 7) is 3.69. The molecule has 0 atom stereocenters. The van der Waals surface area contributed by atoms with Gasteiger partial charge in [0.15, 0.2) is 5.76 Å². The Morgan fingerprint density at radius 2 is 1.85 bits per heavy atom. The second-order valence-corrected chi connectivity index (χ2v) is 6.13. The third-order valence-electron chi connectivity index (χ3n) is 2.08. The zero-order valence-electron chi connectivity index (χ0n) is 10.9. The fourth-order valence-electron chi connectivity index (χ4n) is 1.34. The lowest BCUT2D eigenvalue weighted by molar-refractivity contribution is 0.159. The van der Waals surface area contributed by atoms with Gasteiger partial charge in [-0.1, -0.05) is 34.8 Å². The average Bonchev–Trinajstić information content (AvgIpc) is 2.37. The van der Waals surface area contributed by atoms with Gasteiger partial charge in [-0.3, -0.25) is 9.05 Å². The first-order valence-electron chi connectivity index (χ1n) is 5.80. The van der Waals surface area contributed by atoms with Gasteiger partial charge in [0.1, 0.15) is 0 Å². The molecule has 0 aliphatic carbocycles. The first-order valence-corrected chi connectivity index (χ1v) is 8.45. The van der Waals surface area contributed by atoms with Crippen LogP contribution in [-0.4, -0.2) is 13.2 Å². The molecule has 0 aromatic heterocycles. The van der Waals surface area contributed by atoms with Gasteiger partial charge in [-0.25, -0.2) is 4.57 Å². The molecule has 0 spiro atoms. The summed E-state index contributed by atoms with van der Waals surface area (Å²) < 4.78 is 27.6. The summed E-state index contributed by atoms with van der Waals surface area (Å²) >= 11 is 17.6. The summed E-state index contributed by atoms with van der Waals surface area (Å²) in [7, 11) is -3.73. The van der Waals surface area contributed by atoms with Crippen LogP contribution in [0.2, 0.25) is 10.0 Å². The minimum absolute atomic E-state index is 0.0820. The van der Waals surface area contributed by atoms with Crippen molar-refractivity contribution in [3.05, 3.63) is 39.3 Å². The molecule has 0 aliphatic rings. The normalized spacial score (nSPS) is 12.6. The van der Waals surface area contributed by atoms with Crippen LogP contribution in [0.1, 0.15) is 19.4 Å². The van der Waals surface area contributed by atoms with Crippen LogP contribution in [0.15, 0.2) is 23.7 Å². The Hall–Kier alpha value is -0.220. The van der Waals surface area contributed by atoms with Crippen LogP contribution in [-0.2, 0) is 18.1 Å². The molecule has 0 amide bonds. The predicted molar refractivity (Wildman–Crippen MR) is 82.2 cm³/mol. The number of rotatable bonds is 7. The van der Waals surface area contributed by atoms with E-state index in [0.29, 0.717) is 15.6 Å². The van der Waals surface area contributed by atoms with Crippen molar-refractivity contribution in [3.63, 3.8) is 0 Å². The smallest absolute Gasteiger partial charge is 0.402 e. The first kappa shape index (κ1) is 17.8. The van der Waals surface area contributed by atoms with E-state index in [-0.39, 0.29) is 19.0 Å². The van der Waals surface area contributed by atoms with E-state index >= 15 is 0 Å². The standard InChI is InChI=1S/C12H14Cl3O4P/c1-3-17-20(16,18-4-2)19-12(8-13)10-6-5-9(14)7-11(10)15/h5-8H,3-4H2,1-2H3/b12-8+/i5+2,6+2,7+2,9+2,10+2,11+2. The van der Waals surface area contributed by atoms with Crippen LogP contribution in [0.4, 0.5) is 0 Å². The molecule has 0 N–H and O–H groups in total. The zero-order chi connectivity index (χ0) is 15.2. The monoisotopic (exact) mass is 370 g/mol. The van der Waals surface area contributed by atoms with Gasteiger partial charge in [0, 0.05) is 16.1 Å². The van der Waals surface area contributed by atoms with Crippen LogP contribution >= 0.6 is 42.6 Å². The molecule has 0 radical (unpaired) electrons. The van der Waals surface area contributed by atoms with Gasteiger partial charge in [-0.15, -0.1) is 0 Å². The maximum absolute atomic E-state index is 12.3. The molecular formula is C12H14Cl3O4P. The minimum atomic E-state index is -3.73. The average molecular weight is 372 g/mol. The van der Waals surface area contributed by atoms with Gasteiger partial charge >= 0.3 is 7.82 Å². The molecule has 20 heavy (non-hydrogen) atoms. The number of hydrogen-bond acceptors (Lipinski definition) is 4. The van der Waals surface area contributed by atoms with Gasteiger partial charge in [-0.2, -0.15) is 0 Å². The lowest BCUT2D eigenvalue weighted by atomic mass is 10.9. The van der Waals surface area contributed by atoms with E-state index in [2.05, 4.69) is 0 Å². The third-order valence-corrected chi connectivity index (χ3v) is 4.40. The van der Waals surface area contributed by atoms with Gasteiger partial charge in [0.2, 0.25) is 0 Å². The van der Waals surface area contributed by atoms with Crippen molar-refractivity contribution in [2.24, 2.45) is 0 Å². The molecule has 0 saturated heterocycles. The van der Waals surface area contributed by atoms with Crippen LogP contribution in [0, 0.1) is 0 Å². The molecule has 0 unspecified atom stereocenters. The zero-order valence-corrected chi connectivity index (χ0v) is 14.1. The Labute approximate surface area is 133 Å². The molecule has 0 saturated carbocycles.